The van der Waals surface area contributed by atoms with Crippen LogP contribution >= 0.6 is 27.5 Å². The number of carbonyl (C=O) groups excluding carboxylic acids is 2. The van der Waals surface area contributed by atoms with Crippen molar-refractivity contribution < 1.29 is 19.1 Å². The smallest absolute Gasteiger partial charge is 0.403 e. The topological polar surface area (TPSA) is 113 Å². The van der Waals surface area contributed by atoms with Gasteiger partial charge in [-0.1, -0.05) is 41.8 Å². The molecule has 0 atom stereocenters. The molecule has 0 saturated heterocycles. The summed E-state index contributed by atoms with van der Waals surface area (Å²) in [5, 5.41) is 16.2. The number of benzene rings is 2. The highest BCUT2D eigenvalue weighted by molar-refractivity contribution is 9.10. The third-order valence-electron chi connectivity index (χ3n) is 4.29. The van der Waals surface area contributed by atoms with Crippen LogP contribution in [0.2, 0.25) is 0 Å². The molecular weight excluding hydrogens is 548 g/mol. The van der Waals surface area contributed by atoms with Crippen molar-refractivity contribution >= 4 is 66.8 Å². The lowest BCUT2D eigenvalue weighted by molar-refractivity contribution is -0.111. The molecule has 0 fully saturated rings. The van der Waals surface area contributed by atoms with Crippen LogP contribution in [0.25, 0.3) is 10.9 Å². The van der Waals surface area contributed by atoms with E-state index < -0.39 is 11.3 Å². The van der Waals surface area contributed by atoms with Gasteiger partial charge >= 0.3 is 5.43 Å². The van der Waals surface area contributed by atoms with E-state index in [9.17, 15) is 14.9 Å². The Bertz CT molecular complexity index is 1330. The standard InChI is InChI=1S/C21H15BrN4O2.C5H9ClO2/c1-28-9-3-6-20(27)25-17-7-8-19-18(11-17)21(14(12-23)13-24-19)26-16-5-2-4-15(22)10-16;1-4(2)3-8-5(6)7/h2,4-5,7-8,10-11,13H,9H2,1H3,(H,24,26)(H,25,27);4H,3H2,1-2H3. The first kappa shape index (κ1) is 28.6. The van der Waals surface area contributed by atoms with Gasteiger partial charge in [-0.3, -0.25) is 9.78 Å². The Hall–Kier alpha value is -3.63. The molecule has 1 aromatic heterocycles. The molecule has 36 heavy (non-hydrogen) atoms. The molecule has 0 aliphatic rings. The summed E-state index contributed by atoms with van der Waals surface area (Å²) in [6.45, 7) is 4.48. The molecule has 3 aromatic rings. The SMILES string of the molecule is CC(C)COC(=O)Cl.COCC#CC(=O)Nc1ccc2ncc(C#N)c(Nc3cccc(Br)c3)c2c1. The maximum absolute atomic E-state index is 11.9. The average Bonchev–Trinajstić information content (AvgIpc) is 2.84. The van der Waals surface area contributed by atoms with Crippen molar-refractivity contribution in [1.29, 1.82) is 5.26 Å². The number of ether oxygens (including phenoxy) is 2. The summed E-state index contributed by atoms with van der Waals surface area (Å²) in [7, 11) is 1.51. The third-order valence-corrected chi connectivity index (χ3v) is 4.89. The molecule has 8 nitrogen and oxygen atoms in total. The number of aromatic nitrogens is 1. The summed E-state index contributed by atoms with van der Waals surface area (Å²) in [5.74, 6) is 4.97. The number of nitrogens with one attached hydrogen (secondary N) is 2. The monoisotopic (exact) mass is 570 g/mol. The van der Waals surface area contributed by atoms with Gasteiger partial charge in [0.15, 0.2) is 0 Å². The van der Waals surface area contributed by atoms with Gasteiger partial charge in [0.25, 0.3) is 5.91 Å². The number of carbonyl (C=O) groups is 2. The lowest BCUT2D eigenvalue weighted by atomic mass is 10.1. The molecule has 0 spiro atoms. The molecule has 0 unspecified atom stereocenters. The summed E-state index contributed by atoms with van der Waals surface area (Å²) in [4.78, 5) is 26.1. The lowest BCUT2D eigenvalue weighted by Gasteiger charge is -2.13. The highest BCUT2D eigenvalue weighted by Gasteiger charge is 2.11. The summed E-state index contributed by atoms with van der Waals surface area (Å²) in [6.07, 6.45) is 1.52. The van der Waals surface area contributed by atoms with E-state index in [-0.39, 0.29) is 6.61 Å². The predicted molar refractivity (Wildman–Crippen MR) is 144 cm³/mol. The zero-order valence-corrected chi connectivity index (χ0v) is 22.2. The first-order valence-corrected chi connectivity index (χ1v) is 11.9. The Kier molecular flexibility index (Phi) is 11.7. The molecule has 2 aromatic carbocycles. The molecular formula is C26H24BrClN4O4. The van der Waals surface area contributed by atoms with Crippen LogP contribution in [0.4, 0.5) is 21.9 Å². The van der Waals surface area contributed by atoms with Crippen LogP contribution in [0, 0.1) is 29.1 Å². The van der Waals surface area contributed by atoms with Crippen LogP contribution in [0.5, 0.6) is 0 Å². The van der Waals surface area contributed by atoms with Gasteiger partial charge in [0, 0.05) is 46.1 Å². The Morgan fingerprint density at radius 1 is 1.19 bits per heavy atom. The number of pyridine rings is 1. The van der Waals surface area contributed by atoms with Crippen molar-refractivity contribution in [2.45, 2.75) is 13.8 Å². The third kappa shape index (κ3) is 9.55. The fourth-order valence-corrected chi connectivity index (χ4v) is 3.25. The zero-order valence-electron chi connectivity index (χ0n) is 19.9. The molecule has 2 N–H and O–H groups in total. The van der Waals surface area contributed by atoms with E-state index in [0.29, 0.717) is 40.4 Å². The normalized spacial score (nSPS) is 9.81. The molecule has 0 aliphatic carbocycles. The highest BCUT2D eigenvalue weighted by Crippen LogP contribution is 2.31. The van der Waals surface area contributed by atoms with Crippen molar-refractivity contribution in [3.05, 3.63) is 58.7 Å². The van der Waals surface area contributed by atoms with Gasteiger partial charge in [-0.2, -0.15) is 5.26 Å². The zero-order chi connectivity index (χ0) is 26.5. The first-order valence-electron chi connectivity index (χ1n) is 10.7. The van der Waals surface area contributed by atoms with Gasteiger partial charge in [0.2, 0.25) is 0 Å². The quantitative estimate of drug-likeness (QED) is 0.267. The van der Waals surface area contributed by atoms with E-state index in [1.54, 1.807) is 18.2 Å². The number of nitriles is 1. The molecule has 1 heterocycles. The van der Waals surface area contributed by atoms with E-state index in [0.717, 1.165) is 10.2 Å². The number of halogens is 2. The first-order chi connectivity index (χ1) is 17.2. The number of amides is 1. The predicted octanol–water partition coefficient (Wildman–Crippen LogP) is 6.22. The molecule has 186 valence electrons. The second-order valence-electron chi connectivity index (χ2n) is 7.66. The second kappa shape index (κ2) is 14.7. The number of fused-ring (bicyclic) bond motifs is 1. The fraction of sp³-hybridized carbons (Fsp3) is 0.231. The Morgan fingerprint density at radius 3 is 2.58 bits per heavy atom. The van der Waals surface area contributed by atoms with Gasteiger partial charge in [-0.25, -0.2) is 4.79 Å². The summed E-state index contributed by atoms with van der Waals surface area (Å²) in [6, 6.07) is 15.1. The van der Waals surface area contributed by atoms with E-state index in [1.807, 2.05) is 38.1 Å². The van der Waals surface area contributed by atoms with E-state index >= 15 is 0 Å². The van der Waals surface area contributed by atoms with Crippen LogP contribution in [0.3, 0.4) is 0 Å². The van der Waals surface area contributed by atoms with Crippen molar-refractivity contribution in [2.75, 3.05) is 31.0 Å². The Labute approximate surface area is 223 Å². The van der Waals surface area contributed by atoms with Crippen LogP contribution in [-0.4, -0.2) is 36.6 Å². The number of anilines is 3. The molecule has 0 radical (unpaired) electrons. The van der Waals surface area contributed by atoms with E-state index in [2.05, 4.69) is 54.2 Å². The number of methoxy groups -OCH3 is 1. The Morgan fingerprint density at radius 2 is 1.97 bits per heavy atom. The number of rotatable bonds is 6. The maximum atomic E-state index is 11.9. The van der Waals surface area contributed by atoms with Crippen molar-refractivity contribution in [3.63, 3.8) is 0 Å². The van der Waals surface area contributed by atoms with E-state index in [1.165, 1.54) is 13.3 Å². The highest BCUT2D eigenvalue weighted by atomic mass is 79.9. The van der Waals surface area contributed by atoms with Gasteiger partial charge in [-0.15, -0.1) is 0 Å². The Balaban J connectivity index is 0.000000493. The molecule has 0 aliphatic heterocycles. The molecule has 0 saturated carbocycles. The summed E-state index contributed by atoms with van der Waals surface area (Å²) in [5.41, 5.74) is 2.36. The lowest BCUT2D eigenvalue weighted by Crippen LogP contribution is -2.09. The average molecular weight is 572 g/mol. The summed E-state index contributed by atoms with van der Waals surface area (Å²) >= 11 is 8.30. The largest absolute Gasteiger partial charge is 0.453 e. The van der Waals surface area contributed by atoms with Crippen LogP contribution in [0.15, 0.2) is 53.1 Å². The van der Waals surface area contributed by atoms with Crippen molar-refractivity contribution in [2.24, 2.45) is 5.92 Å². The second-order valence-corrected chi connectivity index (χ2v) is 8.88. The molecule has 3 rings (SSSR count). The fourth-order valence-electron chi connectivity index (χ4n) is 2.78. The van der Waals surface area contributed by atoms with Crippen molar-refractivity contribution in [3.8, 4) is 17.9 Å². The van der Waals surface area contributed by atoms with Gasteiger partial charge in [0.05, 0.1) is 23.4 Å². The summed E-state index contributed by atoms with van der Waals surface area (Å²) < 4.78 is 10.1. The van der Waals surface area contributed by atoms with Gasteiger partial charge in [-0.05, 0) is 48.2 Å². The van der Waals surface area contributed by atoms with Gasteiger partial charge in [0.1, 0.15) is 12.7 Å². The van der Waals surface area contributed by atoms with E-state index in [4.69, 9.17) is 16.3 Å². The maximum Gasteiger partial charge on any atom is 0.403 e. The van der Waals surface area contributed by atoms with Crippen molar-refractivity contribution in [1.82, 2.24) is 4.98 Å². The van der Waals surface area contributed by atoms with Crippen LogP contribution in [0.1, 0.15) is 19.4 Å². The minimum absolute atomic E-state index is 0.182. The molecule has 10 heteroatoms. The van der Waals surface area contributed by atoms with Gasteiger partial charge < -0.3 is 20.1 Å². The van der Waals surface area contributed by atoms with Crippen LogP contribution < -0.4 is 10.6 Å². The number of hydrogen-bond donors (Lipinski definition) is 2. The number of hydrogen-bond acceptors (Lipinski definition) is 7. The van der Waals surface area contributed by atoms with Crippen LogP contribution in [-0.2, 0) is 14.3 Å². The minimum atomic E-state index is -0.723. The molecule has 1 amide bonds. The molecule has 0 bridgehead atoms. The minimum Gasteiger partial charge on any atom is -0.453 e. The number of nitrogens with zero attached hydrogens (tertiary/aromatic N) is 2.